The molecule has 0 saturated carbocycles. The Morgan fingerprint density at radius 3 is 2.49 bits per heavy atom. The molecule has 5 amide bonds. The number of likely N-dealkylation sites (N-methyl/N-ethyl adjacent to an activating group) is 2. The summed E-state index contributed by atoms with van der Waals surface area (Å²) in [4.78, 5) is 75.8. The van der Waals surface area contributed by atoms with Crippen LogP contribution in [0.5, 0.6) is 5.75 Å². The van der Waals surface area contributed by atoms with E-state index in [1.54, 1.807) is 17.3 Å². The Kier molecular flexibility index (Phi) is 11.6. The molecule has 0 spiro atoms. The summed E-state index contributed by atoms with van der Waals surface area (Å²) in [5, 5.41) is 8.00. The number of aromatic nitrogens is 1. The fourth-order valence-electron chi connectivity index (χ4n) is 6.89. The number of pyridine rings is 1. The molecular weight excluding hydrogens is 679 g/mol. The number of halogens is 1. The molecule has 3 aromatic carbocycles. The SMILES string of the molecule is CN1CC(=O)N2C[C@@H](NC(=O)CCc3ccncc3)C[C@H]2COc2ccc(F)cc2C(=O)N(C)[C@H](C(=O)NCc2ccc3ccccc3c2)CCC1=O. The van der Waals surface area contributed by atoms with Crippen LogP contribution in [0.2, 0.25) is 0 Å². The minimum atomic E-state index is -1.09. The number of hydrogen-bond donors (Lipinski definition) is 2. The average molecular weight is 723 g/mol. The number of nitrogens with one attached hydrogen (secondary N) is 2. The molecule has 0 radical (unpaired) electrons. The molecule has 53 heavy (non-hydrogen) atoms. The number of fused-ring (bicyclic) bond motifs is 3. The fraction of sp³-hybridized carbons (Fsp3) is 0.350. The molecule has 1 saturated heterocycles. The van der Waals surface area contributed by atoms with Crippen molar-refractivity contribution in [2.45, 2.75) is 56.8 Å². The van der Waals surface area contributed by atoms with Crippen molar-refractivity contribution in [3.63, 3.8) is 0 Å². The van der Waals surface area contributed by atoms with E-state index in [2.05, 4.69) is 15.6 Å². The number of nitrogens with zero attached hydrogens (tertiary/aromatic N) is 4. The molecule has 12 nitrogen and oxygen atoms in total. The summed E-state index contributed by atoms with van der Waals surface area (Å²) >= 11 is 0. The van der Waals surface area contributed by atoms with E-state index in [1.165, 1.54) is 36.0 Å². The molecule has 2 N–H and O–H groups in total. The zero-order valence-corrected chi connectivity index (χ0v) is 29.8. The summed E-state index contributed by atoms with van der Waals surface area (Å²) in [7, 11) is 2.95. The summed E-state index contributed by atoms with van der Waals surface area (Å²) in [5.41, 5.74) is 1.73. The van der Waals surface area contributed by atoms with Gasteiger partial charge >= 0.3 is 0 Å². The van der Waals surface area contributed by atoms with Crippen molar-refractivity contribution in [2.75, 3.05) is 33.8 Å². The lowest BCUT2D eigenvalue weighted by molar-refractivity contribution is -0.140. The predicted molar refractivity (Wildman–Crippen MR) is 195 cm³/mol. The maximum Gasteiger partial charge on any atom is 0.258 e. The molecule has 1 aromatic heterocycles. The third kappa shape index (κ3) is 9.15. The molecule has 2 aliphatic heterocycles. The number of rotatable bonds is 7. The summed E-state index contributed by atoms with van der Waals surface area (Å²) in [5.74, 6) is -2.64. The van der Waals surface area contributed by atoms with Gasteiger partial charge in [-0.1, -0.05) is 36.4 Å². The van der Waals surface area contributed by atoms with Crippen molar-refractivity contribution in [1.82, 2.24) is 30.3 Å². The summed E-state index contributed by atoms with van der Waals surface area (Å²) in [6.45, 7) is 0.0983. The van der Waals surface area contributed by atoms with Crippen LogP contribution in [0, 0.1) is 5.82 Å². The minimum absolute atomic E-state index is 0.0470. The molecule has 0 unspecified atom stereocenters. The topological polar surface area (TPSA) is 141 Å². The summed E-state index contributed by atoms with van der Waals surface area (Å²) in [6, 6.07) is 19.0. The van der Waals surface area contributed by atoms with Crippen LogP contribution in [0.3, 0.4) is 0 Å². The van der Waals surface area contributed by atoms with Crippen molar-refractivity contribution in [3.05, 3.63) is 108 Å². The normalized spacial score (nSPS) is 19.9. The van der Waals surface area contributed by atoms with Gasteiger partial charge in [0.05, 0.1) is 18.2 Å². The first-order chi connectivity index (χ1) is 25.5. The molecule has 0 bridgehead atoms. The quantitative estimate of drug-likeness (QED) is 0.298. The second-order valence-corrected chi connectivity index (χ2v) is 13.6. The first kappa shape index (κ1) is 36.9. The summed E-state index contributed by atoms with van der Waals surface area (Å²) < 4.78 is 20.8. The predicted octanol–water partition coefficient (Wildman–Crippen LogP) is 3.48. The van der Waals surface area contributed by atoms with Crippen molar-refractivity contribution < 1.29 is 33.1 Å². The van der Waals surface area contributed by atoms with Crippen LogP contribution >= 0.6 is 0 Å². The van der Waals surface area contributed by atoms with E-state index in [4.69, 9.17) is 4.74 Å². The van der Waals surface area contributed by atoms with E-state index in [0.717, 1.165) is 28.0 Å². The van der Waals surface area contributed by atoms with E-state index in [9.17, 15) is 28.4 Å². The Bertz CT molecular complexity index is 1990. The molecular formula is C40H43FN6O6. The van der Waals surface area contributed by atoms with E-state index in [0.29, 0.717) is 12.8 Å². The van der Waals surface area contributed by atoms with Gasteiger partial charge in [-0.2, -0.15) is 0 Å². The number of carbonyl (C=O) groups is 5. The number of benzene rings is 3. The molecule has 276 valence electrons. The van der Waals surface area contributed by atoms with Gasteiger partial charge in [-0.3, -0.25) is 29.0 Å². The van der Waals surface area contributed by atoms with Gasteiger partial charge in [-0.05, 0) is 77.6 Å². The van der Waals surface area contributed by atoms with Gasteiger partial charge in [0.25, 0.3) is 5.91 Å². The Labute approximate surface area is 307 Å². The Balaban J connectivity index is 1.19. The Morgan fingerprint density at radius 1 is 0.925 bits per heavy atom. The number of hydrogen-bond acceptors (Lipinski definition) is 7. The summed E-state index contributed by atoms with van der Waals surface area (Å²) in [6.07, 6.45) is 4.31. The zero-order valence-electron chi connectivity index (χ0n) is 29.8. The first-order valence-corrected chi connectivity index (χ1v) is 17.7. The van der Waals surface area contributed by atoms with E-state index < -0.39 is 29.7 Å². The number of amides is 5. The van der Waals surface area contributed by atoms with Crippen molar-refractivity contribution >= 4 is 40.3 Å². The van der Waals surface area contributed by atoms with Crippen molar-refractivity contribution in [3.8, 4) is 5.75 Å². The smallest absolute Gasteiger partial charge is 0.258 e. The highest BCUT2D eigenvalue weighted by Gasteiger charge is 2.38. The highest BCUT2D eigenvalue weighted by Crippen LogP contribution is 2.26. The lowest BCUT2D eigenvalue weighted by Gasteiger charge is -2.28. The van der Waals surface area contributed by atoms with Gasteiger partial charge in [0.2, 0.25) is 23.6 Å². The molecule has 1 fully saturated rings. The van der Waals surface area contributed by atoms with Crippen LogP contribution in [-0.2, 0) is 32.1 Å². The van der Waals surface area contributed by atoms with E-state index in [1.807, 2.05) is 54.6 Å². The average Bonchev–Trinajstić information content (AvgIpc) is 3.57. The first-order valence-electron chi connectivity index (χ1n) is 17.7. The monoisotopic (exact) mass is 722 g/mol. The third-order valence-electron chi connectivity index (χ3n) is 9.89. The van der Waals surface area contributed by atoms with Gasteiger partial charge in [-0.25, -0.2) is 4.39 Å². The highest BCUT2D eigenvalue weighted by molar-refractivity contribution is 5.99. The van der Waals surface area contributed by atoms with E-state index in [-0.39, 0.29) is 80.6 Å². The number of carbonyl (C=O) groups excluding carboxylic acids is 5. The van der Waals surface area contributed by atoms with Gasteiger partial charge in [-0.15, -0.1) is 0 Å². The van der Waals surface area contributed by atoms with Crippen LogP contribution in [0.1, 0.15) is 47.2 Å². The highest BCUT2D eigenvalue weighted by atomic mass is 19.1. The fourth-order valence-corrected chi connectivity index (χ4v) is 6.89. The van der Waals surface area contributed by atoms with Gasteiger partial charge < -0.3 is 30.1 Å². The maximum atomic E-state index is 14.7. The van der Waals surface area contributed by atoms with Gasteiger partial charge in [0, 0.05) is 58.5 Å². The second kappa shape index (κ2) is 16.7. The van der Waals surface area contributed by atoms with Crippen LogP contribution < -0.4 is 15.4 Å². The maximum absolute atomic E-state index is 14.7. The van der Waals surface area contributed by atoms with Crippen molar-refractivity contribution in [1.29, 1.82) is 0 Å². The lowest BCUT2D eigenvalue weighted by Crippen LogP contribution is -2.48. The molecule has 0 aliphatic carbocycles. The van der Waals surface area contributed by atoms with Crippen LogP contribution in [0.15, 0.2) is 85.2 Å². The van der Waals surface area contributed by atoms with Crippen molar-refractivity contribution in [2.24, 2.45) is 0 Å². The molecule has 13 heteroatoms. The molecule has 3 atom stereocenters. The standard InChI is InChI=1S/C40H43FN6O6/c1-45-24-38(50)47-23-31(44-36(48)13-8-26-15-17-42-18-16-26)21-32(47)25-53-35-12-10-30(41)20-33(35)40(52)46(2)34(11-14-37(45)49)39(51)43-22-27-7-9-28-5-3-4-6-29(28)19-27/h3-7,9-10,12,15-20,31-32,34H,8,11,13-14,21-25H2,1-2H3,(H,43,51)(H,44,48)/t31-,32-,34-/m0/s1. The number of ether oxygens (including phenoxy) is 1. The van der Waals surface area contributed by atoms with Gasteiger partial charge in [0.15, 0.2) is 0 Å². The van der Waals surface area contributed by atoms with Crippen LogP contribution in [0.25, 0.3) is 10.8 Å². The van der Waals surface area contributed by atoms with Crippen LogP contribution in [0.4, 0.5) is 4.39 Å². The van der Waals surface area contributed by atoms with E-state index >= 15 is 0 Å². The molecule has 6 rings (SSSR count). The zero-order chi connectivity index (χ0) is 37.5. The van der Waals surface area contributed by atoms with Crippen LogP contribution in [-0.4, -0.2) is 101 Å². The molecule has 3 heterocycles. The molecule has 2 aliphatic rings. The minimum Gasteiger partial charge on any atom is -0.491 e. The molecule has 4 aromatic rings. The largest absolute Gasteiger partial charge is 0.491 e. The lowest BCUT2D eigenvalue weighted by atomic mass is 10.0. The third-order valence-corrected chi connectivity index (χ3v) is 9.89. The Hall–Kier alpha value is -5.85. The van der Waals surface area contributed by atoms with Gasteiger partial charge in [0.1, 0.15) is 24.2 Å². The second-order valence-electron chi connectivity index (χ2n) is 13.6. The number of aryl methyl sites for hydroxylation is 1. The Morgan fingerprint density at radius 2 is 1.70 bits per heavy atom.